The van der Waals surface area contributed by atoms with Gasteiger partial charge in [0.2, 0.25) is 0 Å². The van der Waals surface area contributed by atoms with Crippen LogP contribution in [0.4, 0.5) is 0 Å². The zero-order valence-corrected chi connectivity index (χ0v) is 11.9. The van der Waals surface area contributed by atoms with Crippen LogP contribution in [-0.4, -0.2) is 33.4 Å². The third-order valence-electron chi connectivity index (χ3n) is 3.45. The summed E-state index contributed by atoms with van der Waals surface area (Å²) in [5.41, 5.74) is 2.71. The second kappa shape index (κ2) is 5.93. The lowest BCUT2D eigenvalue weighted by Gasteiger charge is -2.09. The highest BCUT2D eigenvalue weighted by molar-refractivity contribution is 5.71. The van der Waals surface area contributed by atoms with E-state index in [1.807, 2.05) is 41.0 Å². The molecule has 108 valence electrons. The topological polar surface area (TPSA) is 60.2 Å². The maximum atomic E-state index is 9.29. The Hall–Kier alpha value is -2.40. The highest BCUT2D eigenvalue weighted by atomic mass is 16.5. The van der Waals surface area contributed by atoms with E-state index in [1.54, 1.807) is 13.3 Å². The van der Waals surface area contributed by atoms with Crippen molar-refractivity contribution in [3.05, 3.63) is 54.0 Å². The van der Waals surface area contributed by atoms with Crippen molar-refractivity contribution < 1.29 is 9.84 Å². The van der Waals surface area contributed by atoms with Crippen molar-refractivity contribution in [2.24, 2.45) is 0 Å². The van der Waals surface area contributed by atoms with Crippen molar-refractivity contribution in [1.82, 2.24) is 14.5 Å². The number of aromatic nitrogens is 3. The molecule has 0 bridgehead atoms. The molecule has 2 aromatic heterocycles. The third kappa shape index (κ3) is 2.60. The quantitative estimate of drug-likeness (QED) is 0.778. The predicted octanol–water partition coefficient (Wildman–Crippen LogP) is 2.02. The molecule has 0 unspecified atom stereocenters. The fourth-order valence-electron chi connectivity index (χ4n) is 2.49. The Morgan fingerprint density at radius 3 is 2.86 bits per heavy atom. The molecule has 0 aliphatic rings. The average Bonchev–Trinajstić information content (AvgIpc) is 2.86. The van der Waals surface area contributed by atoms with E-state index in [0.29, 0.717) is 13.0 Å². The standard InChI is InChI=1S/C16H17N3O2/c1-21-14-7-3-2-5-12(14)11-15-18-13-6-4-8-17-16(13)19(15)9-10-20/h2-8,20H,9-11H2,1H3. The normalized spacial score (nSPS) is 11.0. The zero-order valence-electron chi connectivity index (χ0n) is 11.9. The fraction of sp³-hybridized carbons (Fsp3) is 0.250. The zero-order chi connectivity index (χ0) is 14.7. The molecule has 0 amide bonds. The van der Waals surface area contributed by atoms with Gasteiger partial charge < -0.3 is 14.4 Å². The van der Waals surface area contributed by atoms with Crippen LogP contribution in [0, 0.1) is 0 Å². The summed E-state index contributed by atoms with van der Waals surface area (Å²) >= 11 is 0. The minimum atomic E-state index is 0.0565. The summed E-state index contributed by atoms with van der Waals surface area (Å²) in [6, 6.07) is 11.7. The molecule has 0 aliphatic carbocycles. The first-order valence-corrected chi connectivity index (χ1v) is 6.86. The van der Waals surface area contributed by atoms with Crippen LogP contribution >= 0.6 is 0 Å². The van der Waals surface area contributed by atoms with Gasteiger partial charge in [0.15, 0.2) is 5.65 Å². The number of hydrogen-bond acceptors (Lipinski definition) is 4. The van der Waals surface area contributed by atoms with Crippen molar-refractivity contribution in [3.8, 4) is 5.75 Å². The number of nitrogens with zero attached hydrogens (tertiary/aromatic N) is 3. The maximum Gasteiger partial charge on any atom is 0.160 e. The summed E-state index contributed by atoms with van der Waals surface area (Å²) in [6.45, 7) is 0.541. The summed E-state index contributed by atoms with van der Waals surface area (Å²) in [5, 5.41) is 9.29. The van der Waals surface area contributed by atoms with Crippen LogP contribution in [-0.2, 0) is 13.0 Å². The highest BCUT2D eigenvalue weighted by Crippen LogP contribution is 2.22. The lowest BCUT2D eigenvalue weighted by molar-refractivity contribution is 0.276. The summed E-state index contributed by atoms with van der Waals surface area (Å²) in [7, 11) is 1.66. The molecular weight excluding hydrogens is 266 g/mol. The number of ether oxygens (including phenoxy) is 1. The molecular formula is C16H17N3O2. The lowest BCUT2D eigenvalue weighted by atomic mass is 10.1. The predicted molar refractivity (Wildman–Crippen MR) is 80.4 cm³/mol. The largest absolute Gasteiger partial charge is 0.496 e. The van der Waals surface area contributed by atoms with E-state index in [0.717, 1.165) is 28.3 Å². The Labute approximate surface area is 122 Å². The second-order valence-electron chi connectivity index (χ2n) is 4.74. The molecule has 3 rings (SSSR count). The summed E-state index contributed by atoms with van der Waals surface area (Å²) in [5.74, 6) is 1.72. The molecule has 0 aliphatic heterocycles. The van der Waals surface area contributed by atoms with Crippen LogP contribution in [0.5, 0.6) is 5.75 Å². The first-order chi connectivity index (χ1) is 10.3. The molecule has 5 nitrogen and oxygen atoms in total. The molecule has 0 atom stereocenters. The van der Waals surface area contributed by atoms with E-state index in [9.17, 15) is 5.11 Å². The van der Waals surface area contributed by atoms with Crippen LogP contribution in [0.3, 0.4) is 0 Å². The minimum Gasteiger partial charge on any atom is -0.496 e. The number of hydrogen-bond donors (Lipinski definition) is 1. The van der Waals surface area contributed by atoms with Crippen molar-refractivity contribution in [1.29, 1.82) is 0 Å². The van der Waals surface area contributed by atoms with Gasteiger partial charge in [0.05, 0.1) is 13.7 Å². The molecule has 0 spiro atoms. The van der Waals surface area contributed by atoms with E-state index in [1.165, 1.54) is 0 Å². The Morgan fingerprint density at radius 1 is 1.19 bits per heavy atom. The molecule has 0 radical (unpaired) electrons. The van der Waals surface area contributed by atoms with Gasteiger partial charge in [0, 0.05) is 24.7 Å². The van der Waals surface area contributed by atoms with Crippen LogP contribution in [0.15, 0.2) is 42.6 Å². The number of imidazole rings is 1. The molecule has 0 fully saturated rings. The number of methoxy groups -OCH3 is 1. The van der Waals surface area contributed by atoms with Crippen molar-refractivity contribution in [3.63, 3.8) is 0 Å². The average molecular weight is 283 g/mol. The number of aliphatic hydroxyl groups is 1. The molecule has 5 heteroatoms. The van der Waals surface area contributed by atoms with Gasteiger partial charge in [0.1, 0.15) is 17.1 Å². The molecule has 21 heavy (non-hydrogen) atoms. The molecule has 3 aromatic rings. The van der Waals surface area contributed by atoms with E-state index in [4.69, 9.17) is 4.74 Å². The van der Waals surface area contributed by atoms with Gasteiger partial charge in [0.25, 0.3) is 0 Å². The van der Waals surface area contributed by atoms with Gasteiger partial charge in [-0.05, 0) is 18.2 Å². The van der Waals surface area contributed by atoms with Crippen LogP contribution in [0.1, 0.15) is 11.4 Å². The first kappa shape index (κ1) is 13.6. The van der Waals surface area contributed by atoms with Gasteiger partial charge in [-0.1, -0.05) is 18.2 Å². The van der Waals surface area contributed by atoms with Gasteiger partial charge in [-0.2, -0.15) is 0 Å². The highest BCUT2D eigenvalue weighted by Gasteiger charge is 2.13. The van der Waals surface area contributed by atoms with Gasteiger partial charge in [-0.3, -0.25) is 0 Å². The first-order valence-electron chi connectivity index (χ1n) is 6.86. The maximum absolute atomic E-state index is 9.29. The van der Waals surface area contributed by atoms with Crippen molar-refractivity contribution in [2.45, 2.75) is 13.0 Å². The van der Waals surface area contributed by atoms with Gasteiger partial charge in [-0.15, -0.1) is 0 Å². The Kier molecular flexibility index (Phi) is 3.83. The lowest BCUT2D eigenvalue weighted by Crippen LogP contribution is -2.08. The Balaban J connectivity index is 2.05. The number of fused-ring (bicyclic) bond motifs is 1. The van der Waals surface area contributed by atoms with E-state index >= 15 is 0 Å². The van der Waals surface area contributed by atoms with E-state index in [2.05, 4.69) is 9.97 Å². The summed E-state index contributed by atoms with van der Waals surface area (Å²) < 4.78 is 7.35. The molecule has 0 saturated heterocycles. The van der Waals surface area contributed by atoms with Crippen molar-refractivity contribution >= 4 is 11.2 Å². The summed E-state index contributed by atoms with van der Waals surface area (Å²) in [4.78, 5) is 9.00. The van der Waals surface area contributed by atoms with Crippen LogP contribution in [0.25, 0.3) is 11.2 Å². The van der Waals surface area contributed by atoms with Gasteiger partial charge >= 0.3 is 0 Å². The van der Waals surface area contributed by atoms with E-state index in [-0.39, 0.29) is 6.61 Å². The molecule has 1 N–H and O–H groups in total. The Morgan fingerprint density at radius 2 is 2.05 bits per heavy atom. The number of rotatable bonds is 5. The minimum absolute atomic E-state index is 0.0565. The number of pyridine rings is 1. The van der Waals surface area contributed by atoms with Crippen molar-refractivity contribution in [2.75, 3.05) is 13.7 Å². The van der Waals surface area contributed by atoms with Crippen LogP contribution < -0.4 is 4.74 Å². The van der Waals surface area contributed by atoms with Crippen LogP contribution in [0.2, 0.25) is 0 Å². The van der Waals surface area contributed by atoms with E-state index < -0.39 is 0 Å². The number of aliphatic hydroxyl groups excluding tert-OH is 1. The molecule has 0 saturated carbocycles. The monoisotopic (exact) mass is 283 g/mol. The molecule has 2 heterocycles. The number of para-hydroxylation sites is 1. The smallest absolute Gasteiger partial charge is 0.160 e. The fourth-order valence-corrected chi connectivity index (χ4v) is 2.49. The Bertz CT molecular complexity index is 752. The second-order valence-corrected chi connectivity index (χ2v) is 4.74. The third-order valence-corrected chi connectivity index (χ3v) is 3.45. The summed E-state index contributed by atoms with van der Waals surface area (Å²) in [6.07, 6.45) is 2.38. The SMILES string of the molecule is COc1ccccc1Cc1nc2cccnc2n1CCO. The van der Waals surface area contributed by atoms with Gasteiger partial charge in [-0.25, -0.2) is 9.97 Å². The number of benzene rings is 1. The molecule has 1 aromatic carbocycles.